The van der Waals surface area contributed by atoms with E-state index in [9.17, 15) is 4.79 Å². The van der Waals surface area contributed by atoms with Crippen molar-refractivity contribution in [2.24, 2.45) is 11.7 Å². The predicted molar refractivity (Wildman–Crippen MR) is 58.5 cm³/mol. The number of amides is 1. The molecule has 0 spiro atoms. The Hall–Kier alpha value is -1.29. The Balaban J connectivity index is 2.72. The van der Waals surface area contributed by atoms with Crippen LogP contribution >= 0.6 is 0 Å². The third-order valence-electron chi connectivity index (χ3n) is 2.88. The maximum atomic E-state index is 11.8. The van der Waals surface area contributed by atoms with E-state index in [2.05, 4.69) is 5.32 Å². The molecule has 1 unspecified atom stereocenters. The molecule has 1 rings (SSSR count). The van der Waals surface area contributed by atoms with Crippen LogP contribution in [-0.4, -0.2) is 18.0 Å². The Labute approximate surface area is 89.8 Å². The summed E-state index contributed by atoms with van der Waals surface area (Å²) in [6.45, 7) is 6.41. The molecular weight excluding hydrogens is 192 g/mol. The van der Waals surface area contributed by atoms with Crippen LogP contribution in [0.25, 0.3) is 0 Å². The van der Waals surface area contributed by atoms with Crippen LogP contribution in [0.4, 0.5) is 0 Å². The Kier molecular flexibility index (Phi) is 3.52. The average molecular weight is 210 g/mol. The van der Waals surface area contributed by atoms with Crippen LogP contribution in [-0.2, 0) is 0 Å². The van der Waals surface area contributed by atoms with Gasteiger partial charge in [-0.05, 0) is 18.9 Å². The van der Waals surface area contributed by atoms with E-state index in [-0.39, 0.29) is 17.4 Å². The highest BCUT2D eigenvalue weighted by molar-refractivity contribution is 5.94. The number of hydrogen-bond donors (Lipinski definition) is 2. The first-order chi connectivity index (χ1) is 6.99. The van der Waals surface area contributed by atoms with Gasteiger partial charge in [0.05, 0.1) is 17.4 Å². The molecule has 84 valence electrons. The lowest BCUT2D eigenvalue weighted by Crippen LogP contribution is -2.54. The van der Waals surface area contributed by atoms with Gasteiger partial charge in [0.25, 0.3) is 5.91 Å². The molecule has 0 saturated heterocycles. The lowest BCUT2D eigenvalue weighted by molar-refractivity contribution is 0.0882. The second kappa shape index (κ2) is 4.49. The fourth-order valence-electron chi connectivity index (χ4n) is 1.16. The number of nitrogens with one attached hydrogen (secondary N) is 1. The molecule has 0 bridgehead atoms. The maximum absolute atomic E-state index is 11.8. The normalized spacial score (nSPS) is 15.0. The molecule has 1 heterocycles. The summed E-state index contributed by atoms with van der Waals surface area (Å²) < 4.78 is 4.85. The van der Waals surface area contributed by atoms with Crippen molar-refractivity contribution in [1.82, 2.24) is 5.32 Å². The topological polar surface area (TPSA) is 68.3 Å². The molecule has 0 radical (unpaired) electrons. The molecule has 4 nitrogen and oxygen atoms in total. The quantitative estimate of drug-likeness (QED) is 0.789. The molecule has 4 heteroatoms. The smallest absolute Gasteiger partial charge is 0.255 e. The highest BCUT2D eigenvalue weighted by Gasteiger charge is 2.29. The molecule has 1 aromatic rings. The van der Waals surface area contributed by atoms with Crippen molar-refractivity contribution in [3.63, 3.8) is 0 Å². The zero-order valence-electron chi connectivity index (χ0n) is 9.41. The van der Waals surface area contributed by atoms with Crippen molar-refractivity contribution in [2.45, 2.75) is 26.3 Å². The van der Waals surface area contributed by atoms with E-state index in [0.717, 1.165) is 0 Å². The van der Waals surface area contributed by atoms with Gasteiger partial charge in [-0.25, -0.2) is 0 Å². The first kappa shape index (κ1) is 11.8. The molecule has 15 heavy (non-hydrogen) atoms. The first-order valence-electron chi connectivity index (χ1n) is 5.04. The molecule has 0 saturated carbocycles. The fraction of sp³-hybridized carbons (Fsp3) is 0.545. The van der Waals surface area contributed by atoms with Gasteiger partial charge in [0.15, 0.2) is 0 Å². The second-order valence-corrected chi connectivity index (χ2v) is 4.24. The van der Waals surface area contributed by atoms with Crippen LogP contribution in [0, 0.1) is 5.92 Å². The molecule has 0 aromatic carbocycles. The second-order valence-electron chi connectivity index (χ2n) is 4.24. The zero-order valence-corrected chi connectivity index (χ0v) is 9.41. The van der Waals surface area contributed by atoms with E-state index in [1.807, 2.05) is 20.8 Å². The monoisotopic (exact) mass is 210 g/mol. The van der Waals surface area contributed by atoms with Gasteiger partial charge in [0.2, 0.25) is 0 Å². The third kappa shape index (κ3) is 2.59. The molecular formula is C11H18N2O2. The van der Waals surface area contributed by atoms with Gasteiger partial charge in [-0.2, -0.15) is 0 Å². The predicted octanol–water partition coefficient (Wildman–Crippen LogP) is 1.38. The standard InChI is InChI=1S/C11H18N2O2/c1-8(2)11(3,7-12)13-10(14)9-4-5-15-6-9/h4-6,8H,7,12H2,1-3H3,(H,13,14). The highest BCUT2D eigenvalue weighted by atomic mass is 16.3. The summed E-state index contributed by atoms with van der Waals surface area (Å²) in [7, 11) is 0. The van der Waals surface area contributed by atoms with E-state index in [0.29, 0.717) is 12.1 Å². The van der Waals surface area contributed by atoms with Crippen molar-refractivity contribution < 1.29 is 9.21 Å². The summed E-state index contributed by atoms with van der Waals surface area (Å²) in [5.41, 5.74) is 5.81. The van der Waals surface area contributed by atoms with Crippen LogP contribution in [0.2, 0.25) is 0 Å². The Morgan fingerprint density at radius 1 is 1.67 bits per heavy atom. The van der Waals surface area contributed by atoms with Gasteiger partial charge in [-0.15, -0.1) is 0 Å². The van der Waals surface area contributed by atoms with E-state index < -0.39 is 0 Å². The summed E-state index contributed by atoms with van der Waals surface area (Å²) in [5.74, 6) is 0.128. The largest absolute Gasteiger partial charge is 0.472 e. The molecule has 1 amide bonds. The summed E-state index contributed by atoms with van der Waals surface area (Å²) in [4.78, 5) is 11.8. The SMILES string of the molecule is CC(C)C(C)(CN)NC(=O)c1ccoc1. The maximum Gasteiger partial charge on any atom is 0.255 e. The van der Waals surface area contributed by atoms with Crippen LogP contribution in [0.15, 0.2) is 23.0 Å². The Morgan fingerprint density at radius 2 is 2.33 bits per heavy atom. The number of furan rings is 1. The van der Waals surface area contributed by atoms with Crippen molar-refractivity contribution in [3.8, 4) is 0 Å². The van der Waals surface area contributed by atoms with Crippen molar-refractivity contribution in [3.05, 3.63) is 24.2 Å². The highest BCUT2D eigenvalue weighted by Crippen LogP contribution is 2.15. The van der Waals surface area contributed by atoms with Crippen molar-refractivity contribution >= 4 is 5.91 Å². The molecule has 3 N–H and O–H groups in total. The van der Waals surface area contributed by atoms with Crippen molar-refractivity contribution in [2.75, 3.05) is 6.54 Å². The minimum absolute atomic E-state index is 0.148. The molecule has 0 aliphatic heterocycles. The van der Waals surface area contributed by atoms with E-state index in [1.165, 1.54) is 12.5 Å². The molecule has 1 atom stereocenters. The average Bonchev–Trinajstić information content (AvgIpc) is 2.70. The summed E-state index contributed by atoms with van der Waals surface area (Å²) in [6.07, 6.45) is 2.90. The molecule has 0 aliphatic rings. The van der Waals surface area contributed by atoms with E-state index in [1.54, 1.807) is 6.07 Å². The fourth-order valence-corrected chi connectivity index (χ4v) is 1.16. The lowest BCUT2D eigenvalue weighted by atomic mass is 9.88. The number of carbonyl (C=O) groups excluding carboxylic acids is 1. The van der Waals surface area contributed by atoms with Gasteiger partial charge in [0, 0.05) is 6.54 Å². The first-order valence-corrected chi connectivity index (χ1v) is 5.04. The van der Waals surface area contributed by atoms with Gasteiger partial charge in [-0.1, -0.05) is 13.8 Å². The van der Waals surface area contributed by atoms with E-state index >= 15 is 0 Å². The molecule has 0 aliphatic carbocycles. The van der Waals surface area contributed by atoms with Crippen LogP contribution in [0.3, 0.4) is 0 Å². The third-order valence-corrected chi connectivity index (χ3v) is 2.88. The minimum atomic E-state index is -0.381. The van der Waals surface area contributed by atoms with Gasteiger partial charge in [-0.3, -0.25) is 4.79 Å². The summed E-state index contributed by atoms with van der Waals surface area (Å²) in [5, 5.41) is 2.92. The van der Waals surface area contributed by atoms with Gasteiger partial charge >= 0.3 is 0 Å². The molecule has 0 fully saturated rings. The van der Waals surface area contributed by atoms with Crippen LogP contribution in [0.5, 0.6) is 0 Å². The zero-order chi connectivity index (χ0) is 11.5. The number of rotatable bonds is 4. The lowest BCUT2D eigenvalue weighted by Gasteiger charge is -2.33. The molecule has 1 aromatic heterocycles. The number of carbonyl (C=O) groups is 1. The summed E-state index contributed by atoms with van der Waals surface area (Å²) in [6, 6.07) is 1.63. The van der Waals surface area contributed by atoms with Gasteiger partial charge in [0.1, 0.15) is 6.26 Å². The van der Waals surface area contributed by atoms with Crippen molar-refractivity contribution in [1.29, 1.82) is 0 Å². The van der Waals surface area contributed by atoms with Crippen LogP contribution in [0.1, 0.15) is 31.1 Å². The Morgan fingerprint density at radius 3 is 2.73 bits per heavy atom. The van der Waals surface area contributed by atoms with Gasteiger partial charge < -0.3 is 15.5 Å². The number of nitrogens with two attached hydrogens (primary N) is 1. The van der Waals surface area contributed by atoms with E-state index in [4.69, 9.17) is 10.2 Å². The van der Waals surface area contributed by atoms with Crippen LogP contribution < -0.4 is 11.1 Å². The minimum Gasteiger partial charge on any atom is -0.472 e. The Bertz CT molecular complexity index is 319. The summed E-state index contributed by atoms with van der Waals surface area (Å²) >= 11 is 0. The number of hydrogen-bond acceptors (Lipinski definition) is 3.